The van der Waals surface area contributed by atoms with Crippen molar-refractivity contribution in [1.82, 2.24) is 0 Å². The first-order chi connectivity index (χ1) is 18.6. The number of ether oxygens (including phenoxy) is 6. The van der Waals surface area contributed by atoms with Crippen LogP contribution in [0.4, 0.5) is 0 Å². The van der Waals surface area contributed by atoms with Gasteiger partial charge in [-0.25, -0.2) is 14.4 Å². The maximum Gasteiger partial charge on any atom is 0.338 e. The van der Waals surface area contributed by atoms with Crippen LogP contribution in [0.2, 0.25) is 0 Å². The van der Waals surface area contributed by atoms with E-state index in [1.54, 1.807) is 91.0 Å². The number of hydrogen-bond donors (Lipinski definition) is 0. The van der Waals surface area contributed by atoms with Crippen LogP contribution in [0.3, 0.4) is 0 Å². The lowest BCUT2D eigenvalue weighted by molar-refractivity contribution is -0.332. The Balaban J connectivity index is 1.42. The van der Waals surface area contributed by atoms with Crippen molar-refractivity contribution in [2.75, 3.05) is 19.8 Å². The molecular weight excluding hydrogens is 492 g/mol. The molecule has 196 valence electrons. The molecule has 5 atom stereocenters. The summed E-state index contributed by atoms with van der Waals surface area (Å²) < 4.78 is 34.9. The molecule has 2 saturated heterocycles. The van der Waals surface area contributed by atoms with Gasteiger partial charge in [0.25, 0.3) is 0 Å². The van der Waals surface area contributed by atoms with Gasteiger partial charge < -0.3 is 28.4 Å². The van der Waals surface area contributed by atoms with Crippen molar-refractivity contribution in [1.29, 1.82) is 0 Å². The van der Waals surface area contributed by atoms with Crippen LogP contribution in [0.15, 0.2) is 91.0 Å². The van der Waals surface area contributed by atoms with E-state index in [1.165, 1.54) is 0 Å². The molecule has 2 aliphatic heterocycles. The molecule has 2 fully saturated rings. The van der Waals surface area contributed by atoms with Crippen molar-refractivity contribution in [3.8, 4) is 0 Å². The van der Waals surface area contributed by atoms with Gasteiger partial charge in [-0.1, -0.05) is 54.6 Å². The minimum Gasteiger partial charge on any atom is -0.459 e. The first-order valence-corrected chi connectivity index (χ1v) is 12.2. The molecule has 0 aromatic heterocycles. The predicted octanol–water partition coefficient (Wildman–Crippen LogP) is 3.43. The summed E-state index contributed by atoms with van der Waals surface area (Å²) in [5.74, 6) is -1.87. The van der Waals surface area contributed by atoms with E-state index < -0.39 is 48.6 Å². The van der Waals surface area contributed by atoms with Crippen LogP contribution in [0, 0.1) is 0 Å². The highest BCUT2D eigenvalue weighted by Crippen LogP contribution is 2.32. The van der Waals surface area contributed by atoms with Gasteiger partial charge in [-0.05, 0) is 36.4 Å². The molecule has 0 unspecified atom stereocenters. The molecule has 0 radical (unpaired) electrons. The highest BCUT2D eigenvalue weighted by atomic mass is 16.7. The molecule has 0 spiro atoms. The van der Waals surface area contributed by atoms with Gasteiger partial charge in [0.1, 0.15) is 18.8 Å². The van der Waals surface area contributed by atoms with Crippen LogP contribution in [0.5, 0.6) is 0 Å². The first kappa shape index (κ1) is 25.6. The van der Waals surface area contributed by atoms with Crippen LogP contribution in [-0.2, 0) is 28.4 Å². The molecule has 2 heterocycles. The van der Waals surface area contributed by atoms with Crippen LogP contribution in [0.1, 0.15) is 31.1 Å². The Morgan fingerprint density at radius 3 is 1.66 bits per heavy atom. The molecule has 5 rings (SSSR count). The fraction of sp³-hybridized carbons (Fsp3) is 0.276. The number of benzene rings is 3. The van der Waals surface area contributed by atoms with Crippen molar-refractivity contribution in [3.63, 3.8) is 0 Å². The number of esters is 3. The second kappa shape index (κ2) is 12.0. The molecular formula is C29H26O9. The zero-order chi connectivity index (χ0) is 26.3. The molecule has 0 bridgehead atoms. The van der Waals surface area contributed by atoms with Gasteiger partial charge in [0.05, 0.1) is 29.9 Å². The highest BCUT2D eigenvalue weighted by Gasteiger charge is 2.53. The fourth-order valence-electron chi connectivity index (χ4n) is 4.29. The highest BCUT2D eigenvalue weighted by molar-refractivity contribution is 5.90. The topological polar surface area (TPSA) is 107 Å². The van der Waals surface area contributed by atoms with Gasteiger partial charge in [0, 0.05) is 0 Å². The predicted molar refractivity (Wildman–Crippen MR) is 132 cm³/mol. The minimum atomic E-state index is -1.16. The first-order valence-electron chi connectivity index (χ1n) is 12.2. The van der Waals surface area contributed by atoms with E-state index in [4.69, 9.17) is 28.4 Å². The molecule has 0 N–H and O–H groups in total. The van der Waals surface area contributed by atoms with E-state index >= 15 is 0 Å². The van der Waals surface area contributed by atoms with Gasteiger partial charge >= 0.3 is 17.9 Å². The van der Waals surface area contributed by atoms with Gasteiger partial charge in [-0.3, -0.25) is 0 Å². The molecule has 0 amide bonds. The molecule has 0 saturated carbocycles. The van der Waals surface area contributed by atoms with Crippen molar-refractivity contribution in [3.05, 3.63) is 108 Å². The molecule has 0 aliphatic carbocycles. The standard InChI is InChI=1S/C29H26O9/c30-26(19-10-4-1-5-11-19)35-18-22-23(37-27(31)20-12-6-2-7-13-20)24(25-29(36-22)34-17-16-33-25)38-28(32)21-14-8-3-9-15-21/h1-15,22-25,29H,16-18H2/t22-,23-,24+,25+,29-/m1/s1. The van der Waals surface area contributed by atoms with Gasteiger partial charge in [-0.2, -0.15) is 0 Å². The summed E-state index contributed by atoms with van der Waals surface area (Å²) in [7, 11) is 0. The van der Waals surface area contributed by atoms with Crippen molar-refractivity contribution >= 4 is 17.9 Å². The summed E-state index contributed by atoms with van der Waals surface area (Å²) in [6.07, 6.45) is -5.07. The summed E-state index contributed by atoms with van der Waals surface area (Å²) in [5, 5.41) is 0. The second-order valence-corrected chi connectivity index (χ2v) is 8.69. The summed E-state index contributed by atoms with van der Waals surface area (Å²) >= 11 is 0. The van der Waals surface area contributed by atoms with Crippen molar-refractivity contribution in [2.45, 2.75) is 30.7 Å². The lowest BCUT2D eigenvalue weighted by Crippen LogP contribution is -2.64. The van der Waals surface area contributed by atoms with Gasteiger partial charge in [0.2, 0.25) is 0 Å². The zero-order valence-corrected chi connectivity index (χ0v) is 20.3. The van der Waals surface area contributed by atoms with Gasteiger partial charge in [-0.15, -0.1) is 0 Å². The molecule has 38 heavy (non-hydrogen) atoms. The monoisotopic (exact) mass is 518 g/mol. The maximum atomic E-state index is 13.1. The number of carbonyl (C=O) groups is 3. The number of hydrogen-bond acceptors (Lipinski definition) is 9. The summed E-state index contributed by atoms with van der Waals surface area (Å²) in [5.41, 5.74) is 0.958. The zero-order valence-electron chi connectivity index (χ0n) is 20.3. The summed E-state index contributed by atoms with van der Waals surface area (Å²) in [6, 6.07) is 25.3. The molecule has 9 heteroatoms. The number of rotatable bonds is 7. The SMILES string of the molecule is O=C(OC[C@H]1O[C@H]2OCCO[C@H]2[C@@H](OC(=O)c2ccccc2)[C@@H]1OC(=O)c1ccccc1)c1ccccc1. The lowest BCUT2D eigenvalue weighted by Gasteiger charge is -2.46. The average Bonchev–Trinajstić information content (AvgIpc) is 2.98. The number of carbonyl (C=O) groups excluding carboxylic acids is 3. The smallest absolute Gasteiger partial charge is 0.338 e. The number of fused-ring (bicyclic) bond motifs is 1. The Labute approximate surface area is 219 Å². The fourth-order valence-corrected chi connectivity index (χ4v) is 4.29. The minimum absolute atomic E-state index is 0.233. The van der Waals surface area contributed by atoms with E-state index in [-0.39, 0.29) is 19.8 Å². The third-order valence-electron chi connectivity index (χ3n) is 6.16. The average molecular weight is 519 g/mol. The Hall–Kier alpha value is -4.05. The largest absolute Gasteiger partial charge is 0.459 e. The molecule has 3 aromatic rings. The second-order valence-electron chi connectivity index (χ2n) is 8.69. The van der Waals surface area contributed by atoms with E-state index in [0.717, 1.165) is 0 Å². The van der Waals surface area contributed by atoms with Crippen LogP contribution in [-0.4, -0.2) is 68.4 Å². The maximum absolute atomic E-state index is 13.1. The Morgan fingerprint density at radius 1 is 0.632 bits per heavy atom. The van der Waals surface area contributed by atoms with Crippen molar-refractivity contribution in [2.24, 2.45) is 0 Å². The van der Waals surface area contributed by atoms with Crippen LogP contribution < -0.4 is 0 Å². The quantitative estimate of drug-likeness (QED) is 0.343. The molecule has 3 aromatic carbocycles. The third-order valence-corrected chi connectivity index (χ3v) is 6.16. The molecule has 9 nitrogen and oxygen atoms in total. The van der Waals surface area contributed by atoms with Gasteiger partial charge in [0.15, 0.2) is 18.5 Å². The third kappa shape index (κ3) is 5.91. The lowest BCUT2D eigenvalue weighted by atomic mass is 9.97. The normalized spacial score (nSPS) is 24.5. The molecule has 2 aliphatic rings. The van der Waals surface area contributed by atoms with E-state index in [1.807, 2.05) is 0 Å². The van der Waals surface area contributed by atoms with E-state index in [0.29, 0.717) is 16.7 Å². The summed E-state index contributed by atoms with van der Waals surface area (Å²) in [6.45, 7) is 0.203. The Kier molecular flexibility index (Phi) is 8.08. The Bertz CT molecular complexity index is 1230. The van der Waals surface area contributed by atoms with E-state index in [2.05, 4.69) is 0 Å². The van der Waals surface area contributed by atoms with Crippen molar-refractivity contribution < 1.29 is 42.8 Å². The Morgan fingerprint density at radius 2 is 1.11 bits per heavy atom. The van der Waals surface area contributed by atoms with Crippen LogP contribution >= 0.6 is 0 Å². The van der Waals surface area contributed by atoms with Crippen LogP contribution in [0.25, 0.3) is 0 Å². The summed E-state index contributed by atoms with van der Waals surface area (Å²) in [4.78, 5) is 38.8. The van der Waals surface area contributed by atoms with E-state index in [9.17, 15) is 14.4 Å².